The molecule has 0 aliphatic heterocycles. The van der Waals surface area contributed by atoms with E-state index in [1.165, 1.54) is 0 Å². The van der Waals surface area contributed by atoms with Crippen LogP contribution < -0.4 is 0 Å². The van der Waals surface area contributed by atoms with Crippen molar-refractivity contribution in [3.8, 4) is 0 Å². The van der Waals surface area contributed by atoms with E-state index in [0.717, 1.165) is 19.3 Å². The van der Waals surface area contributed by atoms with Gasteiger partial charge < -0.3 is 15.3 Å². The van der Waals surface area contributed by atoms with Gasteiger partial charge in [0.05, 0.1) is 32.4 Å². The van der Waals surface area contributed by atoms with Crippen LogP contribution in [0.4, 0.5) is 0 Å². The summed E-state index contributed by atoms with van der Waals surface area (Å²) in [6.45, 7) is 8.21. The van der Waals surface area contributed by atoms with Gasteiger partial charge in [0, 0.05) is 5.41 Å². The Kier molecular flexibility index (Phi) is 10.0. The average Bonchev–Trinajstić information content (AvgIpc) is 2.55. The van der Waals surface area contributed by atoms with Gasteiger partial charge in [-0.3, -0.25) is 0 Å². The predicted molar refractivity (Wildman–Crippen MR) is 94.6 cm³/mol. The van der Waals surface area contributed by atoms with Crippen LogP contribution in [0.25, 0.3) is 0 Å². The summed E-state index contributed by atoms with van der Waals surface area (Å²) in [4.78, 5) is 28.0. The van der Waals surface area contributed by atoms with Crippen molar-refractivity contribution in [2.45, 2.75) is 59.4 Å². The number of aliphatic hydroxyl groups excluding tert-OH is 3. The first-order valence-electron chi connectivity index (χ1n) is 8.58. The van der Waals surface area contributed by atoms with Gasteiger partial charge in [-0.05, 0) is 36.5 Å². The Bertz CT molecular complexity index is 474. The van der Waals surface area contributed by atoms with E-state index in [1.54, 1.807) is 12.2 Å². The Hall–Kier alpha value is -1.36. The summed E-state index contributed by atoms with van der Waals surface area (Å²) in [5.74, 6) is 0. The van der Waals surface area contributed by atoms with Crippen LogP contribution in [0.3, 0.4) is 0 Å². The molecule has 1 aliphatic rings. The van der Waals surface area contributed by atoms with Gasteiger partial charge in [-0.1, -0.05) is 27.7 Å². The lowest BCUT2D eigenvalue weighted by atomic mass is 9.63. The highest BCUT2D eigenvalue weighted by atomic mass is 16.3. The Labute approximate surface area is 149 Å². The molecule has 25 heavy (non-hydrogen) atoms. The molecule has 1 fully saturated rings. The molecule has 1 aliphatic carbocycles. The van der Waals surface area contributed by atoms with E-state index in [-0.39, 0.29) is 36.7 Å². The van der Waals surface area contributed by atoms with Crippen LogP contribution in [0, 0.1) is 16.2 Å². The highest BCUT2D eigenvalue weighted by molar-refractivity contribution is 5.34. The third-order valence-electron chi connectivity index (χ3n) is 4.94. The largest absolute Gasteiger partial charge is 0.396 e. The van der Waals surface area contributed by atoms with Crippen molar-refractivity contribution in [3.63, 3.8) is 0 Å². The molecule has 1 rings (SSSR count). The molecule has 0 radical (unpaired) electrons. The molecule has 7 heteroatoms. The lowest BCUT2D eigenvalue weighted by molar-refractivity contribution is 0.00304. The minimum Gasteiger partial charge on any atom is -0.396 e. The summed E-state index contributed by atoms with van der Waals surface area (Å²) in [5.41, 5.74) is -0.611. The molecule has 0 saturated heterocycles. The van der Waals surface area contributed by atoms with Crippen molar-refractivity contribution < 1.29 is 24.9 Å². The van der Waals surface area contributed by atoms with Crippen molar-refractivity contribution in [2.24, 2.45) is 26.2 Å². The molecule has 2 atom stereocenters. The first-order chi connectivity index (χ1) is 11.6. The zero-order chi connectivity index (χ0) is 19.6. The fourth-order valence-corrected chi connectivity index (χ4v) is 3.57. The SMILES string of the molecule is CC1(C)CC(N=C=O)CC(C)(CN=C=O)C1.CCC(CO)(CO)CO. The molecule has 3 N–H and O–H groups in total. The van der Waals surface area contributed by atoms with Gasteiger partial charge in [0.25, 0.3) is 0 Å². The van der Waals surface area contributed by atoms with E-state index in [1.807, 2.05) is 6.92 Å². The molecule has 144 valence electrons. The number of carbonyl (C=O) groups excluding carboxylic acids is 2. The first-order valence-corrected chi connectivity index (χ1v) is 8.58. The molecule has 0 heterocycles. The number of hydrogen-bond donors (Lipinski definition) is 3. The van der Waals surface area contributed by atoms with Crippen molar-refractivity contribution in [3.05, 3.63) is 0 Å². The zero-order valence-electron chi connectivity index (χ0n) is 15.8. The predicted octanol–water partition coefficient (Wildman–Crippen LogP) is 1.60. The second kappa shape index (κ2) is 10.6. The van der Waals surface area contributed by atoms with Crippen molar-refractivity contribution in [1.82, 2.24) is 0 Å². The molecule has 2 unspecified atom stereocenters. The van der Waals surface area contributed by atoms with Crippen molar-refractivity contribution in [2.75, 3.05) is 26.4 Å². The number of aliphatic imine (C=N–C) groups is 2. The second-order valence-corrected chi connectivity index (χ2v) is 8.17. The smallest absolute Gasteiger partial charge is 0.235 e. The summed E-state index contributed by atoms with van der Waals surface area (Å²) in [5, 5.41) is 26.0. The van der Waals surface area contributed by atoms with E-state index in [9.17, 15) is 9.59 Å². The quantitative estimate of drug-likeness (QED) is 0.473. The zero-order valence-corrected chi connectivity index (χ0v) is 15.8. The molecule has 7 nitrogen and oxygen atoms in total. The van der Waals surface area contributed by atoms with E-state index in [4.69, 9.17) is 15.3 Å². The third-order valence-corrected chi connectivity index (χ3v) is 4.94. The maximum absolute atomic E-state index is 10.3. The Morgan fingerprint density at radius 2 is 1.60 bits per heavy atom. The van der Waals surface area contributed by atoms with Gasteiger partial charge in [-0.15, -0.1) is 0 Å². The molecular weight excluding hydrogens is 324 g/mol. The van der Waals surface area contributed by atoms with E-state index >= 15 is 0 Å². The van der Waals surface area contributed by atoms with Crippen LogP contribution in [0.2, 0.25) is 0 Å². The summed E-state index contributed by atoms with van der Waals surface area (Å²) in [6, 6.07) is 0.00750. The first kappa shape index (κ1) is 23.6. The summed E-state index contributed by atoms with van der Waals surface area (Å²) in [6.07, 6.45) is 6.47. The number of nitrogens with zero attached hydrogens (tertiary/aromatic N) is 2. The minimum absolute atomic E-state index is 0.00750. The van der Waals surface area contributed by atoms with Gasteiger partial charge >= 0.3 is 0 Å². The van der Waals surface area contributed by atoms with E-state index in [2.05, 4.69) is 30.8 Å². The monoisotopic (exact) mass is 356 g/mol. The fraction of sp³-hybridized carbons (Fsp3) is 0.889. The lowest BCUT2D eigenvalue weighted by Gasteiger charge is -2.44. The van der Waals surface area contributed by atoms with Gasteiger partial charge in [0.2, 0.25) is 12.2 Å². The minimum atomic E-state index is -0.667. The van der Waals surface area contributed by atoms with Crippen LogP contribution in [0.5, 0.6) is 0 Å². The van der Waals surface area contributed by atoms with Crippen LogP contribution in [-0.4, -0.2) is 59.9 Å². The molecular formula is C18H32N2O5. The Morgan fingerprint density at radius 3 is 1.96 bits per heavy atom. The third kappa shape index (κ3) is 8.04. The molecule has 1 saturated carbocycles. The summed E-state index contributed by atoms with van der Waals surface area (Å²) < 4.78 is 0. The van der Waals surface area contributed by atoms with Crippen LogP contribution >= 0.6 is 0 Å². The van der Waals surface area contributed by atoms with E-state index < -0.39 is 5.41 Å². The highest BCUT2D eigenvalue weighted by Crippen LogP contribution is 2.47. The van der Waals surface area contributed by atoms with Crippen LogP contribution in [-0.2, 0) is 9.59 Å². The Morgan fingerprint density at radius 1 is 1.04 bits per heavy atom. The summed E-state index contributed by atoms with van der Waals surface area (Å²) >= 11 is 0. The molecule has 0 amide bonds. The number of aliphatic hydroxyl groups is 3. The summed E-state index contributed by atoms with van der Waals surface area (Å²) in [7, 11) is 0. The van der Waals surface area contributed by atoms with Gasteiger partial charge in [-0.2, -0.15) is 0 Å². The maximum atomic E-state index is 10.3. The topological polar surface area (TPSA) is 120 Å². The van der Waals surface area contributed by atoms with Gasteiger partial charge in [-0.25, -0.2) is 19.6 Å². The number of rotatable bonds is 7. The highest BCUT2D eigenvalue weighted by Gasteiger charge is 2.41. The van der Waals surface area contributed by atoms with Crippen LogP contribution in [0.1, 0.15) is 53.4 Å². The van der Waals surface area contributed by atoms with E-state index in [0.29, 0.717) is 13.0 Å². The molecule has 0 aromatic heterocycles. The fourth-order valence-electron chi connectivity index (χ4n) is 3.57. The van der Waals surface area contributed by atoms with Crippen LogP contribution in [0.15, 0.2) is 9.98 Å². The average molecular weight is 356 g/mol. The number of isocyanates is 2. The second-order valence-electron chi connectivity index (χ2n) is 8.17. The molecule has 0 spiro atoms. The molecule has 0 aromatic carbocycles. The van der Waals surface area contributed by atoms with Gasteiger partial charge in [0.1, 0.15) is 0 Å². The molecule has 0 aromatic rings. The standard InChI is InChI=1S/C12H18N2O2.C6H14O3/c1-11(2)4-10(14-9-16)5-12(3,6-11)7-13-8-15;1-2-6(3-7,4-8)5-9/h10H,4-7H2,1-3H3;7-9H,2-5H2,1H3. The lowest BCUT2D eigenvalue weighted by Crippen LogP contribution is -2.39. The molecule has 0 bridgehead atoms. The maximum Gasteiger partial charge on any atom is 0.235 e. The van der Waals surface area contributed by atoms with Crippen molar-refractivity contribution in [1.29, 1.82) is 0 Å². The van der Waals surface area contributed by atoms with Gasteiger partial charge in [0.15, 0.2) is 0 Å². The number of hydrogen-bond acceptors (Lipinski definition) is 7. The normalized spacial score (nSPS) is 25.0. The Balaban J connectivity index is 0.000000547. The van der Waals surface area contributed by atoms with Crippen molar-refractivity contribution >= 4 is 12.2 Å².